The highest BCUT2D eigenvalue weighted by Gasteiger charge is 2.20. The van der Waals surface area contributed by atoms with E-state index in [4.69, 9.17) is 4.74 Å². The van der Waals surface area contributed by atoms with Gasteiger partial charge in [0.05, 0.1) is 22.8 Å². The van der Waals surface area contributed by atoms with Crippen molar-refractivity contribution in [1.82, 2.24) is 9.78 Å². The number of nitrogens with zero attached hydrogens (tertiary/aromatic N) is 3. The second-order valence-electron chi connectivity index (χ2n) is 4.63. The summed E-state index contributed by atoms with van der Waals surface area (Å²) in [4.78, 5) is 21.8. The van der Waals surface area contributed by atoms with Gasteiger partial charge >= 0.3 is 0 Å². The van der Waals surface area contributed by atoms with Crippen molar-refractivity contribution in [1.29, 1.82) is 0 Å². The van der Waals surface area contributed by atoms with Crippen molar-refractivity contribution in [2.24, 2.45) is 0 Å². The first-order valence-corrected chi connectivity index (χ1v) is 6.36. The predicted octanol–water partition coefficient (Wildman–Crippen LogP) is 2.34. The normalized spacial score (nSPS) is 12.1. The molecule has 0 fully saturated rings. The molecule has 0 aliphatic heterocycles. The van der Waals surface area contributed by atoms with Crippen LogP contribution in [0.3, 0.4) is 0 Å². The van der Waals surface area contributed by atoms with E-state index in [0.717, 1.165) is 0 Å². The zero-order chi connectivity index (χ0) is 15.4. The number of hydrogen-bond acceptors (Lipinski definition) is 5. The fraction of sp³-hybridized carbons (Fsp3) is 0.286. The minimum absolute atomic E-state index is 0.0663. The largest absolute Gasteiger partial charge is 0.384 e. The fourth-order valence-electron chi connectivity index (χ4n) is 2.14. The maximum absolute atomic E-state index is 11.2. The number of methoxy groups -OCH3 is 1. The number of benzene rings is 1. The number of aldehydes is 1. The lowest BCUT2D eigenvalue weighted by Gasteiger charge is -2.07. The van der Waals surface area contributed by atoms with Gasteiger partial charge in [-0.3, -0.25) is 14.9 Å². The Kier molecular flexibility index (Phi) is 4.44. The summed E-state index contributed by atoms with van der Waals surface area (Å²) in [5.41, 5.74) is 1.22. The van der Waals surface area contributed by atoms with Crippen LogP contribution in [0.1, 0.15) is 28.9 Å². The van der Waals surface area contributed by atoms with Crippen LogP contribution in [0.15, 0.2) is 30.5 Å². The molecule has 1 aromatic heterocycles. The molecule has 7 heteroatoms. The smallest absolute Gasteiger partial charge is 0.294 e. The molecule has 1 aromatic carbocycles. The first kappa shape index (κ1) is 14.9. The SMILES string of the molecule is COCC(C)c1nn(-c2ccccc2[N+](=O)[O-])cc1C=O. The van der Waals surface area contributed by atoms with Crippen LogP contribution in [-0.4, -0.2) is 34.7 Å². The highest BCUT2D eigenvalue weighted by Crippen LogP contribution is 2.25. The average molecular weight is 289 g/mol. The van der Waals surface area contributed by atoms with Gasteiger partial charge in [-0.15, -0.1) is 0 Å². The van der Waals surface area contributed by atoms with E-state index in [2.05, 4.69) is 5.10 Å². The molecule has 2 rings (SSSR count). The standard InChI is InChI=1S/C14H15N3O4/c1-10(9-21-2)14-11(8-18)7-16(15-14)12-5-3-4-6-13(12)17(19)20/h3-8,10H,9H2,1-2H3. The Bertz CT molecular complexity index is 666. The van der Waals surface area contributed by atoms with Crippen LogP contribution in [0.2, 0.25) is 0 Å². The van der Waals surface area contributed by atoms with Crippen molar-refractivity contribution >= 4 is 12.0 Å². The van der Waals surface area contributed by atoms with Crippen molar-refractivity contribution in [2.45, 2.75) is 12.8 Å². The number of nitro groups is 1. The Hall–Kier alpha value is -2.54. The van der Waals surface area contributed by atoms with E-state index in [0.29, 0.717) is 29.8 Å². The van der Waals surface area contributed by atoms with E-state index < -0.39 is 4.92 Å². The van der Waals surface area contributed by atoms with Gasteiger partial charge in [0.2, 0.25) is 0 Å². The third-order valence-electron chi connectivity index (χ3n) is 3.11. The maximum Gasteiger partial charge on any atom is 0.294 e. The zero-order valence-electron chi connectivity index (χ0n) is 11.7. The Morgan fingerprint density at radius 1 is 1.48 bits per heavy atom. The molecule has 0 amide bonds. The maximum atomic E-state index is 11.2. The summed E-state index contributed by atoms with van der Waals surface area (Å²) in [6, 6.07) is 6.25. The molecule has 0 aliphatic carbocycles. The van der Waals surface area contributed by atoms with Gasteiger partial charge in [-0.05, 0) is 6.07 Å². The average Bonchev–Trinajstić information content (AvgIpc) is 2.91. The molecule has 21 heavy (non-hydrogen) atoms. The van der Waals surface area contributed by atoms with E-state index in [-0.39, 0.29) is 11.6 Å². The molecule has 0 radical (unpaired) electrons. The van der Waals surface area contributed by atoms with Gasteiger partial charge < -0.3 is 4.74 Å². The van der Waals surface area contributed by atoms with Gasteiger partial charge in [-0.2, -0.15) is 5.10 Å². The Morgan fingerprint density at radius 3 is 2.81 bits per heavy atom. The Labute approximate surface area is 121 Å². The molecule has 0 aliphatic rings. The molecule has 1 atom stereocenters. The number of nitro benzene ring substituents is 1. The number of carbonyl (C=O) groups excluding carboxylic acids is 1. The molecule has 110 valence electrons. The third kappa shape index (κ3) is 2.97. The molecule has 0 N–H and O–H groups in total. The summed E-state index contributed by atoms with van der Waals surface area (Å²) in [6.07, 6.45) is 2.19. The summed E-state index contributed by atoms with van der Waals surface area (Å²) in [7, 11) is 1.57. The van der Waals surface area contributed by atoms with Gasteiger partial charge in [-0.1, -0.05) is 19.1 Å². The number of rotatable bonds is 6. The number of carbonyl (C=O) groups is 1. The van der Waals surface area contributed by atoms with Crippen molar-refractivity contribution < 1.29 is 14.5 Å². The van der Waals surface area contributed by atoms with Crippen LogP contribution in [0.25, 0.3) is 5.69 Å². The highest BCUT2D eigenvalue weighted by atomic mass is 16.6. The summed E-state index contributed by atoms with van der Waals surface area (Å²) in [6.45, 7) is 2.29. The van der Waals surface area contributed by atoms with Crippen molar-refractivity contribution in [3.63, 3.8) is 0 Å². The minimum Gasteiger partial charge on any atom is -0.384 e. The monoisotopic (exact) mass is 289 g/mol. The summed E-state index contributed by atoms with van der Waals surface area (Å²) >= 11 is 0. The molecular weight excluding hydrogens is 274 g/mol. The molecule has 0 spiro atoms. The van der Waals surface area contributed by atoms with E-state index in [1.54, 1.807) is 25.3 Å². The second-order valence-corrected chi connectivity index (χ2v) is 4.63. The summed E-state index contributed by atoms with van der Waals surface area (Å²) < 4.78 is 6.43. The lowest BCUT2D eigenvalue weighted by Crippen LogP contribution is -2.06. The molecule has 0 saturated heterocycles. The van der Waals surface area contributed by atoms with Gasteiger partial charge in [-0.25, -0.2) is 4.68 Å². The Morgan fingerprint density at radius 2 is 2.19 bits per heavy atom. The lowest BCUT2D eigenvalue weighted by molar-refractivity contribution is -0.384. The third-order valence-corrected chi connectivity index (χ3v) is 3.11. The molecule has 0 saturated carbocycles. The van der Waals surface area contributed by atoms with Crippen LogP contribution in [-0.2, 0) is 4.74 Å². The van der Waals surface area contributed by atoms with Crippen LogP contribution in [0.4, 0.5) is 5.69 Å². The molecule has 1 heterocycles. The molecule has 2 aromatic rings. The minimum atomic E-state index is -0.476. The van der Waals surface area contributed by atoms with E-state index >= 15 is 0 Å². The van der Waals surface area contributed by atoms with Gasteiger partial charge in [0.15, 0.2) is 6.29 Å². The second kappa shape index (κ2) is 6.27. The van der Waals surface area contributed by atoms with Gasteiger partial charge in [0.25, 0.3) is 5.69 Å². The quantitative estimate of drug-likeness (QED) is 0.462. The van der Waals surface area contributed by atoms with Gasteiger partial charge in [0.1, 0.15) is 5.69 Å². The van der Waals surface area contributed by atoms with Crippen LogP contribution >= 0.6 is 0 Å². The molecule has 7 nitrogen and oxygen atoms in total. The van der Waals surface area contributed by atoms with Crippen LogP contribution in [0.5, 0.6) is 0 Å². The summed E-state index contributed by atoms with van der Waals surface area (Å²) in [5.74, 6) is -0.0841. The molecular formula is C14H15N3O4. The lowest BCUT2D eigenvalue weighted by atomic mass is 10.1. The Balaban J connectivity index is 2.51. The number of aromatic nitrogens is 2. The molecule has 1 unspecified atom stereocenters. The molecule has 0 bridgehead atoms. The topological polar surface area (TPSA) is 87.3 Å². The first-order valence-electron chi connectivity index (χ1n) is 6.36. The van der Waals surface area contributed by atoms with Crippen molar-refractivity contribution in [3.05, 3.63) is 51.8 Å². The zero-order valence-corrected chi connectivity index (χ0v) is 11.7. The van der Waals surface area contributed by atoms with E-state index in [9.17, 15) is 14.9 Å². The first-order chi connectivity index (χ1) is 10.1. The van der Waals surface area contributed by atoms with Crippen LogP contribution in [0, 0.1) is 10.1 Å². The number of hydrogen-bond donors (Lipinski definition) is 0. The predicted molar refractivity (Wildman–Crippen MR) is 75.9 cm³/mol. The van der Waals surface area contributed by atoms with E-state index in [1.165, 1.54) is 16.9 Å². The van der Waals surface area contributed by atoms with E-state index in [1.807, 2.05) is 6.92 Å². The fourth-order valence-corrected chi connectivity index (χ4v) is 2.14. The van der Waals surface area contributed by atoms with Crippen molar-refractivity contribution in [2.75, 3.05) is 13.7 Å². The van der Waals surface area contributed by atoms with Crippen molar-refractivity contribution in [3.8, 4) is 5.69 Å². The number of para-hydroxylation sites is 2. The number of ether oxygens (including phenoxy) is 1. The van der Waals surface area contributed by atoms with Gasteiger partial charge in [0, 0.05) is 25.3 Å². The summed E-state index contributed by atoms with van der Waals surface area (Å²) in [5, 5.41) is 15.4. The highest BCUT2D eigenvalue weighted by molar-refractivity contribution is 5.76. The van der Waals surface area contributed by atoms with Crippen LogP contribution < -0.4 is 0 Å².